The van der Waals surface area contributed by atoms with Crippen LogP contribution in [0.5, 0.6) is 0 Å². The van der Waals surface area contributed by atoms with Gasteiger partial charge >= 0.3 is 0 Å². The lowest BCUT2D eigenvalue weighted by molar-refractivity contribution is -0.138. The summed E-state index contributed by atoms with van der Waals surface area (Å²) in [7, 11) is -3.96. The molecule has 43 heavy (non-hydrogen) atoms. The van der Waals surface area contributed by atoms with Crippen molar-refractivity contribution in [3.8, 4) is 0 Å². The maximum absolute atomic E-state index is 13.4. The van der Waals surface area contributed by atoms with Gasteiger partial charge in [0.05, 0.1) is 11.4 Å². The molecule has 3 aromatic rings. The lowest BCUT2D eigenvalue weighted by atomic mass is 10.1. The zero-order valence-corrected chi connectivity index (χ0v) is 25.0. The molecule has 3 heterocycles. The Morgan fingerprint density at radius 1 is 0.814 bits per heavy atom. The monoisotopic (exact) mass is 606 g/mol. The fraction of sp³-hybridized carbons (Fsp3) is 0.419. The highest BCUT2D eigenvalue weighted by atomic mass is 32.2. The molecule has 2 N–H and O–H groups in total. The molecule has 0 bridgehead atoms. The molecule has 0 radical (unpaired) electrons. The highest BCUT2D eigenvalue weighted by Crippen LogP contribution is 2.19. The molecule has 5 rings (SSSR count). The first kappa shape index (κ1) is 30.4. The SMILES string of the molecule is O=C(CNS(=O)(=O)c1ccc2ccccc2c1)NC(CCC(=O)N1CCN(c2ccncc2)CC1)C(=O)N1CCCCC1. The van der Waals surface area contributed by atoms with Gasteiger partial charge in [-0.25, -0.2) is 13.1 Å². The number of carbonyl (C=O) groups is 3. The molecule has 228 valence electrons. The van der Waals surface area contributed by atoms with Crippen LogP contribution >= 0.6 is 0 Å². The van der Waals surface area contributed by atoms with E-state index in [9.17, 15) is 22.8 Å². The number of pyridine rings is 1. The number of piperazine rings is 1. The second kappa shape index (κ2) is 14.0. The largest absolute Gasteiger partial charge is 0.368 e. The third-order valence-corrected chi connectivity index (χ3v) is 9.46. The molecular weight excluding hydrogens is 568 g/mol. The van der Waals surface area contributed by atoms with Crippen LogP contribution in [0.1, 0.15) is 32.1 Å². The average Bonchev–Trinajstić information content (AvgIpc) is 3.06. The molecule has 12 heteroatoms. The van der Waals surface area contributed by atoms with Crippen LogP contribution in [0.25, 0.3) is 10.8 Å². The van der Waals surface area contributed by atoms with Gasteiger partial charge in [0.2, 0.25) is 27.7 Å². The van der Waals surface area contributed by atoms with Gasteiger partial charge in [0.15, 0.2) is 0 Å². The number of nitrogens with zero attached hydrogens (tertiary/aromatic N) is 4. The van der Waals surface area contributed by atoms with Crippen LogP contribution in [0.4, 0.5) is 5.69 Å². The number of nitrogens with one attached hydrogen (secondary N) is 2. The molecule has 0 aliphatic carbocycles. The smallest absolute Gasteiger partial charge is 0.245 e. The van der Waals surface area contributed by atoms with Crippen LogP contribution < -0.4 is 14.9 Å². The Kier molecular flexibility index (Phi) is 9.88. The maximum atomic E-state index is 13.4. The predicted octanol–water partition coefficient (Wildman–Crippen LogP) is 2.14. The van der Waals surface area contributed by atoms with E-state index in [1.54, 1.807) is 34.3 Å². The predicted molar refractivity (Wildman–Crippen MR) is 164 cm³/mol. The fourth-order valence-electron chi connectivity index (χ4n) is 5.61. The molecule has 1 atom stereocenters. The van der Waals surface area contributed by atoms with Gasteiger partial charge in [-0.1, -0.05) is 30.3 Å². The molecule has 0 spiro atoms. The second-order valence-electron chi connectivity index (χ2n) is 11.0. The normalized spacial score (nSPS) is 16.6. The van der Waals surface area contributed by atoms with Crippen LogP contribution in [-0.4, -0.2) is 92.8 Å². The number of aromatic nitrogens is 1. The molecule has 1 unspecified atom stereocenters. The van der Waals surface area contributed by atoms with Gasteiger partial charge in [-0.15, -0.1) is 0 Å². The van der Waals surface area contributed by atoms with Crippen molar-refractivity contribution in [2.45, 2.75) is 43.0 Å². The Bertz CT molecular complexity index is 1540. The maximum Gasteiger partial charge on any atom is 0.245 e. The summed E-state index contributed by atoms with van der Waals surface area (Å²) in [4.78, 5) is 49.3. The van der Waals surface area contributed by atoms with Gasteiger partial charge in [-0.3, -0.25) is 19.4 Å². The first-order valence-electron chi connectivity index (χ1n) is 14.8. The van der Waals surface area contributed by atoms with Crippen molar-refractivity contribution < 1.29 is 22.8 Å². The number of likely N-dealkylation sites (tertiary alicyclic amines) is 1. The van der Waals surface area contributed by atoms with Gasteiger partial charge in [0.1, 0.15) is 6.04 Å². The number of carbonyl (C=O) groups excluding carboxylic acids is 3. The van der Waals surface area contributed by atoms with E-state index in [0.717, 1.165) is 35.7 Å². The lowest BCUT2D eigenvalue weighted by Crippen LogP contribution is -2.52. The third-order valence-electron chi connectivity index (χ3n) is 8.06. The van der Waals surface area contributed by atoms with E-state index in [1.165, 1.54) is 6.07 Å². The van der Waals surface area contributed by atoms with Crippen molar-refractivity contribution in [1.82, 2.24) is 24.8 Å². The quantitative estimate of drug-likeness (QED) is 0.362. The molecule has 11 nitrogen and oxygen atoms in total. The Morgan fingerprint density at radius 2 is 1.51 bits per heavy atom. The van der Waals surface area contributed by atoms with Crippen LogP contribution in [0.15, 0.2) is 71.9 Å². The van der Waals surface area contributed by atoms with E-state index >= 15 is 0 Å². The summed E-state index contributed by atoms with van der Waals surface area (Å²) in [5, 5.41) is 4.39. The van der Waals surface area contributed by atoms with Crippen LogP contribution in [0, 0.1) is 0 Å². The van der Waals surface area contributed by atoms with E-state index in [0.29, 0.717) is 39.3 Å². The summed E-state index contributed by atoms with van der Waals surface area (Å²) >= 11 is 0. The number of fused-ring (bicyclic) bond motifs is 1. The highest BCUT2D eigenvalue weighted by molar-refractivity contribution is 7.89. The van der Waals surface area contributed by atoms with Gasteiger partial charge < -0.3 is 20.0 Å². The number of benzene rings is 2. The Labute approximate surface area is 252 Å². The van der Waals surface area contributed by atoms with Gasteiger partial charge in [-0.05, 0) is 60.7 Å². The Hall–Kier alpha value is -4.03. The minimum absolute atomic E-state index is 0.0505. The first-order chi connectivity index (χ1) is 20.8. The van der Waals surface area contributed by atoms with Crippen molar-refractivity contribution in [3.05, 3.63) is 67.0 Å². The van der Waals surface area contributed by atoms with Crippen LogP contribution in [0.3, 0.4) is 0 Å². The number of anilines is 1. The van der Waals surface area contributed by atoms with Crippen LogP contribution in [-0.2, 0) is 24.4 Å². The number of hydrogen-bond donors (Lipinski definition) is 2. The standard InChI is InChI=1S/C31H38N6O5S/c38-29(23-33-43(41,42)27-9-8-24-6-2-3-7-25(24)22-27)34-28(31(40)37-16-4-1-5-17-37)10-11-30(39)36-20-18-35(19-21-36)26-12-14-32-15-13-26/h2-3,6-9,12-15,22,28,33H,1,4-5,10-11,16-21,23H2,(H,34,38). The molecule has 2 fully saturated rings. The molecule has 2 aliphatic heterocycles. The average molecular weight is 607 g/mol. The topological polar surface area (TPSA) is 132 Å². The van der Waals surface area contributed by atoms with E-state index < -0.39 is 28.5 Å². The van der Waals surface area contributed by atoms with E-state index in [4.69, 9.17) is 0 Å². The molecule has 2 aromatic carbocycles. The number of rotatable bonds is 10. The number of hydrogen-bond acceptors (Lipinski definition) is 7. The summed E-state index contributed by atoms with van der Waals surface area (Å²) in [6, 6.07) is 15.1. The zero-order valence-electron chi connectivity index (χ0n) is 24.2. The Morgan fingerprint density at radius 3 is 2.23 bits per heavy atom. The van der Waals surface area contributed by atoms with E-state index in [1.807, 2.05) is 36.4 Å². The first-order valence-corrected chi connectivity index (χ1v) is 16.3. The fourth-order valence-corrected chi connectivity index (χ4v) is 6.63. The van der Waals surface area contributed by atoms with Gasteiger partial charge in [-0.2, -0.15) is 0 Å². The molecule has 2 aliphatic rings. The molecule has 1 aromatic heterocycles. The van der Waals surface area contributed by atoms with Crippen molar-refractivity contribution in [3.63, 3.8) is 0 Å². The lowest BCUT2D eigenvalue weighted by Gasteiger charge is -2.36. The van der Waals surface area contributed by atoms with Crippen molar-refractivity contribution in [1.29, 1.82) is 0 Å². The second-order valence-corrected chi connectivity index (χ2v) is 12.7. The van der Waals surface area contributed by atoms with Gasteiger partial charge in [0, 0.05) is 63.8 Å². The molecule has 0 saturated carbocycles. The molecule has 2 saturated heterocycles. The number of piperidine rings is 1. The van der Waals surface area contributed by atoms with E-state index in [2.05, 4.69) is 19.9 Å². The third kappa shape index (κ3) is 7.88. The van der Waals surface area contributed by atoms with Gasteiger partial charge in [0.25, 0.3) is 0 Å². The minimum Gasteiger partial charge on any atom is -0.368 e. The van der Waals surface area contributed by atoms with Crippen LogP contribution in [0.2, 0.25) is 0 Å². The number of amides is 3. The summed E-state index contributed by atoms with van der Waals surface area (Å²) in [5.74, 6) is -0.934. The Balaban J connectivity index is 1.17. The summed E-state index contributed by atoms with van der Waals surface area (Å²) in [6.07, 6.45) is 6.55. The zero-order chi connectivity index (χ0) is 30.2. The summed E-state index contributed by atoms with van der Waals surface area (Å²) in [6.45, 7) is 3.20. The van der Waals surface area contributed by atoms with Crippen molar-refractivity contribution >= 4 is 44.2 Å². The highest BCUT2D eigenvalue weighted by Gasteiger charge is 2.29. The van der Waals surface area contributed by atoms with E-state index in [-0.39, 0.29) is 29.6 Å². The molecular formula is C31H38N6O5S. The number of sulfonamides is 1. The minimum atomic E-state index is -3.96. The van der Waals surface area contributed by atoms with Crippen molar-refractivity contribution in [2.75, 3.05) is 50.7 Å². The van der Waals surface area contributed by atoms with Crippen molar-refractivity contribution in [2.24, 2.45) is 0 Å². The molecule has 3 amide bonds. The summed E-state index contributed by atoms with van der Waals surface area (Å²) in [5.41, 5.74) is 1.06. The summed E-state index contributed by atoms with van der Waals surface area (Å²) < 4.78 is 28.2.